The number of hydrogen-bond acceptors (Lipinski definition) is 3. The van der Waals surface area contributed by atoms with Crippen LogP contribution in [-0.4, -0.2) is 12.1 Å². The van der Waals surface area contributed by atoms with Gasteiger partial charge in [-0.2, -0.15) is 11.8 Å². The Hall–Kier alpha value is -0.880. The Morgan fingerprint density at radius 1 is 1.39 bits per heavy atom. The molecule has 0 amide bonds. The Kier molecular flexibility index (Phi) is 3.77. The zero-order valence-electron chi connectivity index (χ0n) is 9.83. The predicted molar refractivity (Wildman–Crippen MR) is 65.4 cm³/mol. The van der Waals surface area contributed by atoms with Crippen molar-refractivity contribution in [1.29, 1.82) is 0 Å². The summed E-state index contributed by atoms with van der Waals surface area (Å²) >= 11 is 1.75. The monoisotopic (exact) mass is 277 g/mol. The Balaban J connectivity index is 2.32. The summed E-state index contributed by atoms with van der Waals surface area (Å²) in [5.41, 5.74) is 7.82. The van der Waals surface area contributed by atoms with Crippen LogP contribution in [0, 0.1) is 5.92 Å². The summed E-state index contributed by atoms with van der Waals surface area (Å²) in [7, 11) is 0. The third-order valence-corrected chi connectivity index (χ3v) is 4.24. The lowest BCUT2D eigenvalue weighted by atomic mass is 9.93. The minimum absolute atomic E-state index is 0.198. The lowest BCUT2D eigenvalue weighted by Gasteiger charge is -2.19. The van der Waals surface area contributed by atoms with E-state index in [1.54, 1.807) is 17.8 Å². The third kappa shape index (κ3) is 3.11. The van der Waals surface area contributed by atoms with Gasteiger partial charge in [0.25, 0.3) is 0 Å². The summed E-state index contributed by atoms with van der Waals surface area (Å²) in [6.07, 6.45) is -4.66. The molecule has 2 atom stereocenters. The minimum atomic E-state index is -4.66. The smallest absolute Gasteiger partial charge is 0.406 e. The molecule has 18 heavy (non-hydrogen) atoms. The molecule has 0 saturated heterocycles. The van der Waals surface area contributed by atoms with E-state index in [9.17, 15) is 13.2 Å². The van der Waals surface area contributed by atoms with Crippen LogP contribution in [0.5, 0.6) is 5.75 Å². The summed E-state index contributed by atoms with van der Waals surface area (Å²) in [5.74, 6) is 1.72. The fourth-order valence-corrected chi connectivity index (χ4v) is 3.16. The van der Waals surface area contributed by atoms with E-state index >= 15 is 0 Å². The van der Waals surface area contributed by atoms with E-state index in [-0.39, 0.29) is 17.7 Å². The molecule has 2 N–H and O–H groups in total. The van der Waals surface area contributed by atoms with Gasteiger partial charge in [-0.25, -0.2) is 0 Å². The highest BCUT2D eigenvalue weighted by Gasteiger charge is 2.32. The zero-order chi connectivity index (χ0) is 13.3. The van der Waals surface area contributed by atoms with Gasteiger partial charge in [0.15, 0.2) is 0 Å². The fourth-order valence-electron chi connectivity index (χ4n) is 1.98. The molecule has 2 rings (SSSR count). The first-order valence-corrected chi connectivity index (χ1v) is 6.74. The second-order valence-corrected chi connectivity index (χ2v) is 5.46. The molecule has 0 radical (unpaired) electrons. The van der Waals surface area contributed by atoms with Gasteiger partial charge in [0.05, 0.1) is 0 Å². The molecule has 100 valence electrons. The quantitative estimate of drug-likeness (QED) is 0.853. The summed E-state index contributed by atoms with van der Waals surface area (Å²) in [4.78, 5) is 0. The number of thioether (sulfide) groups is 1. The molecule has 1 aromatic rings. The average molecular weight is 277 g/mol. The van der Waals surface area contributed by atoms with Crippen LogP contribution in [0.1, 0.15) is 24.1 Å². The van der Waals surface area contributed by atoms with Crippen LogP contribution >= 0.6 is 11.8 Å². The molecule has 0 aromatic heterocycles. The second kappa shape index (κ2) is 5.01. The number of benzene rings is 1. The van der Waals surface area contributed by atoms with E-state index in [1.807, 2.05) is 6.92 Å². The molecule has 0 aliphatic carbocycles. The van der Waals surface area contributed by atoms with Crippen LogP contribution < -0.4 is 10.5 Å². The maximum Gasteiger partial charge on any atom is 0.573 e. The van der Waals surface area contributed by atoms with Crippen LogP contribution in [0.3, 0.4) is 0 Å². The largest absolute Gasteiger partial charge is 0.573 e. The molecule has 0 spiro atoms. The molecule has 1 aliphatic rings. The second-order valence-electron chi connectivity index (χ2n) is 4.43. The Morgan fingerprint density at radius 3 is 2.78 bits per heavy atom. The van der Waals surface area contributed by atoms with Gasteiger partial charge in [0.2, 0.25) is 0 Å². The molecule has 0 fully saturated rings. The van der Waals surface area contributed by atoms with Crippen molar-refractivity contribution >= 4 is 11.8 Å². The summed E-state index contributed by atoms with van der Waals surface area (Å²) < 4.78 is 40.4. The standard InChI is InChI=1S/C12H14F3NOS/c1-7-5-18-6-8-2-3-9(17-12(13,14)15)4-10(8)11(7)16/h2-4,7,11H,5-6,16H2,1H3. The molecular weight excluding hydrogens is 263 g/mol. The van der Waals surface area contributed by atoms with Crippen LogP contribution in [0.4, 0.5) is 13.2 Å². The normalized spacial score (nSPS) is 24.3. The molecule has 1 heterocycles. The van der Waals surface area contributed by atoms with Crippen LogP contribution in [0.15, 0.2) is 18.2 Å². The van der Waals surface area contributed by atoms with Crippen molar-refractivity contribution in [3.63, 3.8) is 0 Å². The SMILES string of the molecule is CC1CSCc2ccc(OC(F)(F)F)cc2C1N. The van der Waals surface area contributed by atoms with E-state index in [4.69, 9.17) is 5.73 Å². The highest BCUT2D eigenvalue weighted by molar-refractivity contribution is 7.98. The number of halogens is 3. The van der Waals surface area contributed by atoms with Gasteiger partial charge >= 0.3 is 6.36 Å². The highest BCUT2D eigenvalue weighted by atomic mass is 32.2. The van der Waals surface area contributed by atoms with Crippen molar-refractivity contribution < 1.29 is 17.9 Å². The minimum Gasteiger partial charge on any atom is -0.406 e. The molecule has 2 nitrogen and oxygen atoms in total. The average Bonchev–Trinajstić information content (AvgIpc) is 2.39. The van der Waals surface area contributed by atoms with Crippen molar-refractivity contribution in [2.45, 2.75) is 25.1 Å². The number of alkyl halides is 3. The maximum atomic E-state index is 12.2. The van der Waals surface area contributed by atoms with Crippen molar-refractivity contribution in [2.24, 2.45) is 11.7 Å². The topological polar surface area (TPSA) is 35.2 Å². The van der Waals surface area contributed by atoms with E-state index < -0.39 is 6.36 Å². The van der Waals surface area contributed by atoms with Crippen molar-refractivity contribution in [3.05, 3.63) is 29.3 Å². The van der Waals surface area contributed by atoms with Crippen molar-refractivity contribution in [1.82, 2.24) is 0 Å². The third-order valence-electron chi connectivity index (χ3n) is 2.96. The van der Waals surface area contributed by atoms with Gasteiger partial charge < -0.3 is 10.5 Å². The molecule has 0 saturated carbocycles. The number of rotatable bonds is 1. The first kappa shape index (κ1) is 13.5. The van der Waals surface area contributed by atoms with E-state index in [1.165, 1.54) is 12.1 Å². The molecule has 1 aliphatic heterocycles. The summed E-state index contributed by atoms with van der Waals surface area (Å²) in [6.45, 7) is 2.00. The molecular formula is C12H14F3NOS. The lowest BCUT2D eigenvalue weighted by Crippen LogP contribution is -2.21. The van der Waals surface area contributed by atoms with Gasteiger partial charge in [-0.15, -0.1) is 13.2 Å². The lowest BCUT2D eigenvalue weighted by molar-refractivity contribution is -0.274. The van der Waals surface area contributed by atoms with E-state index in [2.05, 4.69) is 4.74 Å². The van der Waals surface area contributed by atoms with Crippen molar-refractivity contribution in [2.75, 3.05) is 5.75 Å². The first-order chi connectivity index (χ1) is 8.37. The summed E-state index contributed by atoms with van der Waals surface area (Å²) in [6, 6.07) is 4.18. The van der Waals surface area contributed by atoms with E-state index in [0.29, 0.717) is 0 Å². The zero-order valence-corrected chi connectivity index (χ0v) is 10.6. The molecule has 6 heteroatoms. The maximum absolute atomic E-state index is 12.2. The summed E-state index contributed by atoms with van der Waals surface area (Å²) in [5, 5.41) is 0. The Morgan fingerprint density at radius 2 is 2.11 bits per heavy atom. The molecule has 0 bridgehead atoms. The van der Waals surface area contributed by atoms with Crippen LogP contribution in [-0.2, 0) is 5.75 Å². The van der Waals surface area contributed by atoms with Gasteiger partial charge in [-0.3, -0.25) is 0 Å². The highest BCUT2D eigenvalue weighted by Crippen LogP contribution is 2.35. The van der Waals surface area contributed by atoms with Gasteiger partial charge in [-0.05, 0) is 34.9 Å². The van der Waals surface area contributed by atoms with Gasteiger partial charge in [0.1, 0.15) is 5.75 Å². The Labute approximate surface area is 108 Å². The number of ether oxygens (including phenoxy) is 1. The van der Waals surface area contributed by atoms with E-state index in [0.717, 1.165) is 22.6 Å². The van der Waals surface area contributed by atoms with Gasteiger partial charge in [-0.1, -0.05) is 13.0 Å². The number of hydrogen-bond donors (Lipinski definition) is 1. The van der Waals surface area contributed by atoms with Crippen molar-refractivity contribution in [3.8, 4) is 5.75 Å². The fraction of sp³-hybridized carbons (Fsp3) is 0.500. The Bertz CT molecular complexity index is 436. The molecule has 2 unspecified atom stereocenters. The van der Waals surface area contributed by atoms with Gasteiger partial charge in [0, 0.05) is 11.8 Å². The number of fused-ring (bicyclic) bond motifs is 1. The van der Waals surface area contributed by atoms with Crippen LogP contribution in [0.25, 0.3) is 0 Å². The number of nitrogens with two attached hydrogens (primary N) is 1. The predicted octanol–water partition coefficient (Wildman–Crippen LogP) is 3.47. The van der Waals surface area contributed by atoms with Crippen LogP contribution in [0.2, 0.25) is 0 Å². The first-order valence-electron chi connectivity index (χ1n) is 5.59. The molecule has 1 aromatic carbocycles.